The van der Waals surface area contributed by atoms with Crippen molar-refractivity contribution in [2.45, 2.75) is 25.7 Å². The van der Waals surface area contributed by atoms with Gasteiger partial charge in [-0.3, -0.25) is 9.59 Å². The van der Waals surface area contributed by atoms with Crippen molar-refractivity contribution in [2.75, 3.05) is 13.2 Å². The molecule has 0 saturated carbocycles. The Morgan fingerprint density at radius 1 is 1.32 bits per heavy atom. The predicted molar refractivity (Wildman–Crippen MR) is 67.9 cm³/mol. The fourth-order valence-corrected chi connectivity index (χ4v) is 1.91. The third-order valence-corrected chi connectivity index (χ3v) is 2.92. The second-order valence-corrected chi connectivity index (χ2v) is 4.42. The van der Waals surface area contributed by atoms with Crippen LogP contribution >= 0.6 is 0 Å². The molecule has 1 heterocycles. The van der Waals surface area contributed by atoms with Crippen molar-refractivity contribution in [3.05, 3.63) is 23.8 Å². The Balaban J connectivity index is 1.72. The number of fused-ring (bicyclic) bond motifs is 1. The number of unbranched alkanes of at least 4 members (excludes halogenated alkanes) is 2. The molecular formula is C14H16O5. The van der Waals surface area contributed by atoms with E-state index in [0.29, 0.717) is 30.1 Å². The summed E-state index contributed by atoms with van der Waals surface area (Å²) in [6, 6.07) is 5.19. The lowest BCUT2D eigenvalue weighted by Crippen LogP contribution is -1.99. The van der Waals surface area contributed by atoms with E-state index in [1.54, 1.807) is 18.2 Å². The smallest absolute Gasteiger partial charge is 0.303 e. The summed E-state index contributed by atoms with van der Waals surface area (Å²) in [7, 11) is 0. The molecule has 19 heavy (non-hydrogen) atoms. The minimum Gasteiger partial charge on any atom is -0.493 e. The van der Waals surface area contributed by atoms with E-state index in [1.807, 2.05) is 0 Å². The summed E-state index contributed by atoms with van der Waals surface area (Å²) >= 11 is 0. The molecule has 0 radical (unpaired) electrons. The predicted octanol–water partition coefficient (Wildman–Crippen LogP) is 2.29. The normalized spacial score (nSPS) is 12.9. The van der Waals surface area contributed by atoms with Gasteiger partial charge in [-0.1, -0.05) is 0 Å². The zero-order chi connectivity index (χ0) is 13.7. The zero-order valence-electron chi connectivity index (χ0n) is 10.6. The molecule has 0 fully saturated rings. The van der Waals surface area contributed by atoms with Gasteiger partial charge >= 0.3 is 5.97 Å². The molecule has 0 spiro atoms. The van der Waals surface area contributed by atoms with Crippen molar-refractivity contribution in [3.63, 3.8) is 0 Å². The maximum absolute atomic E-state index is 11.4. The van der Waals surface area contributed by atoms with Crippen LogP contribution in [0.25, 0.3) is 0 Å². The van der Waals surface area contributed by atoms with Crippen LogP contribution in [0.4, 0.5) is 0 Å². The average Bonchev–Trinajstić information content (AvgIpc) is 2.75. The monoisotopic (exact) mass is 264 g/mol. The van der Waals surface area contributed by atoms with E-state index in [4.69, 9.17) is 14.6 Å². The van der Waals surface area contributed by atoms with Crippen LogP contribution < -0.4 is 9.47 Å². The highest BCUT2D eigenvalue weighted by molar-refractivity contribution is 6.02. The summed E-state index contributed by atoms with van der Waals surface area (Å²) in [5, 5.41) is 8.49. The highest BCUT2D eigenvalue weighted by atomic mass is 16.5. The van der Waals surface area contributed by atoms with E-state index >= 15 is 0 Å². The van der Waals surface area contributed by atoms with Crippen LogP contribution in [0.3, 0.4) is 0 Å². The summed E-state index contributed by atoms with van der Waals surface area (Å²) < 4.78 is 10.8. The first-order valence-corrected chi connectivity index (χ1v) is 6.31. The molecule has 0 aliphatic carbocycles. The maximum Gasteiger partial charge on any atom is 0.303 e. The molecule has 102 valence electrons. The third-order valence-electron chi connectivity index (χ3n) is 2.92. The van der Waals surface area contributed by atoms with Gasteiger partial charge in [-0.05, 0) is 31.4 Å². The van der Waals surface area contributed by atoms with Gasteiger partial charge in [0.15, 0.2) is 6.61 Å². The Kier molecular flexibility index (Phi) is 4.39. The number of carboxylic acid groups (broad SMARTS) is 1. The lowest BCUT2D eigenvalue weighted by molar-refractivity contribution is -0.137. The van der Waals surface area contributed by atoms with E-state index in [2.05, 4.69) is 0 Å². The summed E-state index contributed by atoms with van der Waals surface area (Å²) in [6.45, 7) is 0.639. The molecular weight excluding hydrogens is 248 g/mol. The molecule has 0 bridgehead atoms. The Morgan fingerprint density at radius 2 is 2.16 bits per heavy atom. The number of carbonyl (C=O) groups is 2. The van der Waals surface area contributed by atoms with Gasteiger partial charge < -0.3 is 14.6 Å². The van der Waals surface area contributed by atoms with Crippen LogP contribution in [-0.2, 0) is 4.79 Å². The number of aliphatic carboxylic acids is 1. The number of rotatable bonds is 7. The molecule has 5 heteroatoms. The van der Waals surface area contributed by atoms with Gasteiger partial charge in [-0.2, -0.15) is 0 Å². The molecule has 1 aromatic carbocycles. The molecule has 1 aromatic rings. The van der Waals surface area contributed by atoms with Crippen LogP contribution in [0.2, 0.25) is 0 Å². The number of hydrogen-bond acceptors (Lipinski definition) is 4. The largest absolute Gasteiger partial charge is 0.493 e. The second kappa shape index (κ2) is 6.22. The van der Waals surface area contributed by atoms with Crippen molar-refractivity contribution in [3.8, 4) is 11.5 Å². The number of Topliss-reactive ketones (excluding diaryl/α,β-unsaturated/α-hetero) is 1. The van der Waals surface area contributed by atoms with Crippen LogP contribution in [0.1, 0.15) is 36.0 Å². The summed E-state index contributed by atoms with van der Waals surface area (Å²) in [6.07, 6.45) is 2.51. The zero-order valence-corrected chi connectivity index (χ0v) is 10.6. The molecule has 1 N–H and O–H groups in total. The van der Waals surface area contributed by atoms with Gasteiger partial charge in [0.2, 0.25) is 5.78 Å². The van der Waals surface area contributed by atoms with E-state index in [9.17, 15) is 9.59 Å². The lowest BCUT2D eigenvalue weighted by atomic mass is 10.1. The van der Waals surface area contributed by atoms with E-state index in [0.717, 1.165) is 12.8 Å². The van der Waals surface area contributed by atoms with Gasteiger partial charge in [0.1, 0.15) is 11.5 Å². The Morgan fingerprint density at radius 3 is 2.95 bits per heavy atom. The first-order valence-electron chi connectivity index (χ1n) is 6.31. The van der Waals surface area contributed by atoms with Gasteiger partial charge in [0, 0.05) is 12.5 Å². The number of carbonyl (C=O) groups excluding carboxylic acids is 1. The Hall–Kier alpha value is -2.04. The van der Waals surface area contributed by atoms with E-state index < -0.39 is 5.97 Å². The summed E-state index contributed by atoms with van der Waals surface area (Å²) in [5.41, 5.74) is 0.605. The topological polar surface area (TPSA) is 72.8 Å². The van der Waals surface area contributed by atoms with Gasteiger partial charge in [0.05, 0.1) is 12.2 Å². The van der Waals surface area contributed by atoms with Crippen LogP contribution in [0.15, 0.2) is 18.2 Å². The molecule has 1 aliphatic heterocycles. The lowest BCUT2D eigenvalue weighted by Gasteiger charge is -2.07. The number of hydrogen-bond donors (Lipinski definition) is 1. The number of ketones is 1. The van der Waals surface area contributed by atoms with Crippen molar-refractivity contribution in [1.82, 2.24) is 0 Å². The third kappa shape index (κ3) is 3.71. The molecule has 0 aromatic heterocycles. The van der Waals surface area contributed by atoms with Crippen molar-refractivity contribution in [1.29, 1.82) is 0 Å². The Bertz CT molecular complexity index is 481. The minimum absolute atomic E-state index is 0.00443. The molecule has 1 aliphatic rings. The van der Waals surface area contributed by atoms with E-state index in [-0.39, 0.29) is 18.8 Å². The standard InChI is InChI=1S/C14H16O5/c15-12-9-19-13-8-10(5-6-11(12)13)18-7-3-1-2-4-14(16)17/h5-6,8H,1-4,7,9H2,(H,16,17). The maximum atomic E-state index is 11.4. The van der Waals surface area contributed by atoms with Crippen molar-refractivity contribution >= 4 is 11.8 Å². The van der Waals surface area contributed by atoms with Gasteiger partial charge in [-0.25, -0.2) is 0 Å². The molecule has 0 atom stereocenters. The number of ether oxygens (including phenoxy) is 2. The highest BCUT2D eigenvalue weighted by Crippen LogP contribution is 2.29. The molecule has 0 amide bonds. The first kappa shape index (κ1) is 13.4. The molecule has 5 nitrogen and oxygen atoms in total. The number of benzene rings is 1. The highest BCUT2D eigenvalue weighted by Gasteiger charge is 2.21. The number of carboxylic acids is 1. The van der Waals surface area contributed by atoms with Crippen LogP contribution in [0, 0.1) is 0 Å². The van der Waals surface area contributed by atoms with E-state index in [1.165, 1.54) is 0 Å². The average molecular weight is 264 g/mol. The van der Waals surface area contributed by atoms with Crippen molar-refractivity contribution < 1.29 is 24.2 Å². The van der Waals surface area contributed by atoms with Crippen LogP contribution in [0.5, 0.6) is 11.5 Å². The molecule has 0 unspecified atom stereocenters. The molecule has 0 saturated heterocycles. The second-order valence-electron chi connectivity index (χ2n) is 4.42. The summed E-state index contributed by atoms with van der Waals surface area (Å²) in [4.78, 5) is 21.7. The Labute approximate surface area is 111 Å². The quantitative estimate of drug-likeness (QED) is 0.765. The van der Waals surface area contributed by atoms with Gasteiger partial charge in [0.25, 0.3) is 0 Å². The van der Waals surface area contributed by atoms with Gasteiger partial charge in [-0.15, -0.1) is 0 Å². The molecule has 2 rings (SSSR count). The fourth-order valence-electron chi connectivity index (χ4n) is 1.91. The first-order chi connectivity index (χ1) is 9.16. The van der Waals surface area contributed by atoms with Crippen molar-refractivity contribution in [2.24, 2.45) is 0 Å². The van der Waals surface area contributed by atoms with Crippen LogP contribution in [-0.4, -0.2) is 30.1 Å². The summed E-state index contributed by atoms with van der Waals surface area (Å²) in [5.74, 6) is 0.483. The fraction of sp³-hybridized carbons (Fsp3) is 0.429. The SMILES string of the molecule is O=C(O)CCCCCOc1ccc2c(c1)OCC2=O. The minimum atomic E-state index is -0.763.